The number of benzene rings is 1. The van der Waals surface area contributed by atoms with Gasteiger partial charge in [0.15, 0.2) is 0 Å². The highest BCUT2D eigenvalue weighted by molar-refractivity contribution is 5.85. The van der Waals surface area contributed by atoms with E-state index in [4.69, 9.17) is 5.21 Å². The predicted octanol–water partition coefficient (Wildman–Crippen LogP) is 2.09. The highest BCUT2D eigenvalue weighted by atomic mass is 19.1. The Morgan fingerprint density at radius 2 is 2.38 bits per heavy atom. The van der Waals surface area contributed by atoms with Crippen LogP contribution < -0.4 is 10.5 Å². The first-order chi connectivity index (χ1) is 7.54. The molecule has 0 fully saturated rings. The summed E-state index contributed by atoms with van der Waals surface area (Å²) in [6.45, 7) is 1.74. The quantitative estimate of drug-likeness (QED) is 0.775. The molecule has 0 aliphatic carbocycles. The van der Waals surface area contributed by atoms with Gasteiger partial charge in [0.25, 0.3) is 0 Å². The van der Waals surface area contributed by atoms with E-state index < -0.39 is 17.1 Å². The van der Waals surface area contributed by atoms with Crippen LogP contribution in [0.4, 0.5) is 20.6 Å². The zero-order valence-electron chi connectivity index (χ0n) is 8.44. The summed E-state index contributed by atoms with van der Waals surface area (Å²) < 4.78 is 17.7. The summed E-state index contributed by atoms with van der Waals surface area (Å²) in [5, 5.41) is 20.8. The Morgan fingerprint density at radius 3 is 2.94 bits per heavy atom. The van der Waals surface area contributed by atoms with Crippen LogP contribution in [0.3, 0.4) is 0 Å². The molecular formula is C9H10FN2O4-. The minimum Gasteiger partial charge on any atom is -0.733 e. The number of hydrogen-bond donors (Lipinski definition) is 2. The van der Waals surface area contributed by atoms with Gasteiger partial charge in [0.05, 0.1) is 18.0 Å². The zero-order valence-corrected chi connectivity index (χ0v) is 8.44. The lowest BCUT2D eigenvalue weighted by Gasteiger charge is -2.22. The van der Waals surface area contributed by atoms with Crippen LogP contribution >= 0.6 is 0 Å². The lowest BCUT2D eigenvalue weighted by molar-refractivity contribution is 0.168. The average Bonchev–Trinajstić information content (AvgIpc) is 2.21. The number of amides is 1. The summed E-state index contributed by atoms with van der Waals surface area (Å²) in [5.41, 5.74) is -0.445. The summed E-state index contributed by atoms with van der Waals surface area (Å²) in [6.07, 6.45) is -0.839. The van der Waals surface area contributed by atoms with E-state index in [-0.39, 0.29) is 18.0 Å². The van der Waals surface area contributed by atoms with Gasteiger partial charge in [-0.2, -0.15) is 0 Å². The van der Waals surface area contributed by atoms with Gasteiger partial charge in [-0.05, 0) is 25.1 Å². The van der Waals surface area contributed by atoms with Crippen molar-refractivity contribution in [2.45, 2.75) is 6.92 Å². The molecule has 88 valence electrons. The third-order valence-corrected chi connectivity index (χ3v) is 1.68. The van der Waals surface area contributed by atoms with Gasteiger partial charge in [-0.1, -0.05) is 0 Å². The molecule has 6 nitrogen and oxygen atoms in total. The van der Waals surface area contributed by atoms with Gasteiger partial charge in [0, 0.05) is 0 Å². The number of carbonyl (C=O) groups is 1. The van der Waals surface area contributed by atoms with E-state index in [9.17, 15) is 14.4 Å². The number of carbonyl (C=O) groups excluding carboxylic acids is 1. The van der Waals surface area contributed by atoms with Crippen LogP contribution in [0, 0.1) is 11.0 Å². The summed E-state index contributed by atoms with van der Waals surface area (Å²) in [7, 11) is 0. The standard InChI is InChI=1S/C9H10FN2O4/c1-2-16-9(13)11-8-5-6(12(14)15)3-4-7(8)10/h3-5,14H,2H2,1H3,(H,11,13)/q-1. The Kier molecular flexibility index (Phi) is 4.03. The van der Waals surface area contributed by atoms with Gasteiger partial charge in [0.2, 0.25) is 0 Å². The second kappa shape index (κ2) is 5.29. The molecule has 2 N–H and O–H groups in total. The molecule has 0 spiro atoms. The van der Waals surface area contributed by atoms with Crippen molar-refractivity contribution in [1.82, 2.24) is 0 Å². The van der Waals surface area contributed by atoms with Gasteiger partial charge in [0.1, 0.15) is 5.82 Å². The molecule has 0 aromatic heterocycles. The number of rotatable bonds is 3. The number of halogens is 1. The largest absolute Gasteiger partial charge is 0.733 e. The van der Waals surface area contributed by atoms with Crippen molar-refractivity contribution < 1.29 is 19.1 Å². The Labute approximate surface area is 90.8 Å². The molecule has 0 radical (unpaired) electrons. The fraction of sp³-hybridized carbons (Fsp3) is 0.222. The van der Waals surface area contributed by atoms with Gasteiger partial charge < -0.3 is 15.2 Å². The SMILES string of the molecule is CCOC(=O)Nc1cc(N([O-])O)ccc1F. The lowest BCUT2D eigenvalue weighted by atomic mass is 10.2. The van der Waals surface area contributed by atoms with E-state index in [1.165, 1.54) is 0 Å². The molecule has 0 heterocycles. The smallest absolute Gasteiger partial charge is 0.411 e. The first-order valence-corrected chi connectivity index (χ1v) is 4.44. The molecule has 0 aliphatic heterocycles. The van der Waals surface area contributed by atoms with Crippen molar-refractivity contribution in [3.8, 4) is 0 Å². The summed E-state index contributed by atoms with van der Waals surface area (Å²) in [5.74, 6) is -0.737. The summed E-state index contributed by atoms with van der Waals surface area (Å²) in [6, 6.07) is 3.00. The fourth-order valence-corrected chi connectivity index (χ4v) is 1.01. The molecule has 1 amide bonds. The Hall–Kier alpha value is -1.86. The van der Waals surface area contributed by atoms with E-state index in [0.717, 1.165) is 18.2 Å². The van der Waals surface area contributed by atoms with Gasteiger partial charge in [-0.3, -0.25) is 10.5 Å². The first-order valence-electron chi connectivity index (χ1n) is 4.44. The van der Waals surface area contributed by atoms with Crippen molar-refractivity contribution in [1.29, 1.82) is 0 Å². The number of nitrogens with one attached hydrogen (secondary N) is 1. The molecule has 1 aromatic rings. The fourth-order valence-electron chi connectivity index (χ4n) is 1.01. The molecule has 0 bridgehead atoms. The first kappa shape index (κ1) is 12.2. The van der Waals surface area contributed by atoms with Gasteiger partial charge in [-0.25, -0.2) is 9.18 Å². The topological polar surface area (TPSA) is 84.9 Å². The van der Waals surface area contributed by atoms with E-state index in [1.54, 1.807) is 6.92 Å². The maximum Gasteiger partial charge on any atom is 0.411 e. The molecule has 0 atom stereocenters. The van der Waals surface area contributed by atoms with Crippen LogP contribution in [0.2, 0.25) is 0 Å². The van der Waals surface area contributed by atoms with Crippen LogP contribution in [-0.4, -0.2) is 17.9 Å². The van der Waals surface area contributed by atoms with Crippen molar-refractivity contribution >= 4 is 17.5 Å². The van der Waals surface area contributed by atoms with Crippen molar-refractivity contribution in [3.05, 3.63) is 29.2 Å². The zero-order chi connectivity index (χ0) is 12.1. The molecule has 0 aliphatic rings. The number of nitrogens with zero attached hydrogens (tertiary/aromatic N) is 1. The van der Waals surface area contributed by atoms with Crippen LogP contribution in [0.25, 0.3) is 0 Å². The number of ether oxygens (including phenoxy) is 1. The lowest BCUT2D eigenvalue weighted by Crippen LogP contribution is -2.15. The van der Waals surface area contributed by atoms with Crippen LogP contribution in [-0.2, 0) is 4.74 Å². The predicted molar refractivity (Wildman–Crippen MR) is 54.7 cm³/mol. The number of hydrogen-bond acceptors (Lipinski definition) is 5. The maximum atomic E-state index is 13.2. The highest BCUT2D eigenvalue weighted by Crippen LogP contribution is 2.21. The second-order valence-corrected chi connectivity index (χ2v) is 2.78. The second-order valence-electron chi connectivity index (χ2n) is 2.78. The summed E-state index contributed by atoms with van der Waals surface area (Å²) >= 11 is 0. The number of anilines is 2. The van der Waals surface area contributed by atoms with Crippen LogP contribution in [0.15, 0.2) is 18.2 Å². The van der Waals surface area contributed by atoms with E-state index in [0.29, 0.717) is 0 Å². The maximum absolute atomic E-state index is 13.2. The molecule has 0 saturated heterocycles. The Morgan fingerprint density at radius 1 is 1.69 bits per heavy atom. The molecule has 7 heteroatoms. The van der Waals surface area contributed by atoms with Crippen molar-refractivity contribution in [2.24, 2.45) is 0 Å². The van der Waals surface area contributed by atoms with E-state index in [2.05, 4.69) is 10.1 Å². The minimum absolute atomic E-state index is 0.140. The van der Waals surface area contributed by atoms with Crippen molar-refractivity contribution in [3.63, 3.8) is 0 Å². The minimum atomic E-state index is -0.839. The van der Waals surface area contributed by atoms with E-state index >= 15 is 0 Å². The molecule has 1 rings (SSSR count). The molecule has 0 saturated carbocycles. The summed E-state index contributed by atoms with van der Waals surface area (Å²) in [4.78, 5) is 11.0. The van der Waals surface area contributed by atoms with Crippen molar-refractivity contribution in [2.75, 3.05) is 17.2 Å². The highest BCUT2D eigenvalue weighted by Gasteiger charge is 2.08. The van der Waals surface area contributed by atoms with Crippen LogP contribution in [0.1, 0.15) is 6.92 Å². The molecule has 16 heavy (non-hydrogen) atoms. The molecule has 1 aromatic carbocycles. The van der Waals surface area contributed by atoms with Gasteiger partial charge in [-0.15, -0.1) is 0 Å². The monoisotopic (exact) mass is 229 g/mol. The molecule has 0 unspecified atom stereocenters. The third-order valence-electron chi connectivity index (χ3n) is 1.68. The third kappa shape index (κ3) is 3.07. The van der Waals surface area contributed by atoms with E-state index in [1.807, 2.05) is 0 Å². The van der Waals surface area contributed by atoms with Gasteiger partial charge >= 0.3 is 6.09 Å². The normalized spacial score (nSPS) is 9.75. The van der Waals surface area contributed by atoms with Crippen LogP contribution in [0.5, 0.6) is 0 Å². The average molecular weight is 229 g/mol. The Balaban J connectivity index is 2.86. The Bertz CT molecular complexity index is 384. The molecular weight excluding hydrogens is 219 g/mol.